The van der Waals surface area contributed by atoms with E-state index >= 15 is 0 Å². The topological polar surface area (TPSA) is 61.8 Å². The van der Waals surface area contributed by atoms with Crippen molar-refractivity contribution in [1.82, 2.24) is 10.2 Å². The van der Waals surface area contributed by atoms with Crippen molar-refractivity contribution in [2.45, 2.75) is 56.0 Å². The molecule has 3 aliphatic rings. The van der Waals surface area contributed by atoms with Gasteiger partial charge in [0.25, 0.3) is 5.91 Å². The Morgan fingerprint density at radius 1 is 1.21 bits per heavy atom. The summed E-state index contributed by atoms with van der Waals surface area (Å²) >= 11 is 0. The zero-order chi connectivity index (χ0) is 19.9. The Bertz CT molecular complexity index is 736. The molecule has 0 bridgehead atoms. The fourth-order valence-corrected chi connectivity index (χ4v) is 4.29. The minimum atomic E-state index is -4.42. The van der Waals surface area contributed by atoms with Gasteiger partial charge in [0.1, 0.15) is 0 Å². The highest BCUT2D eigenvalue weighted by Crippen LogP contribution is 2.43. The number of alkyl halides is 3. The van der Waals surface area contributed by atoms with Gasteiger partial charge in [-0.25, -0.2) is 0 Å². The van der Waals surface area contributed by atoms with Gasteiger partial charge in [0.15, 0.2) is 0 Å². The Kier molecular flexibility index (Phi) is 5.37. The highest BCUT2D eigenvalue weighted by molar-refractivity contribution is 5.96. The molecule has 4 rings (SSSR count). The number of nitrogens with zero attached hydrogens (tertiary/aromatic N) is 1. The second-order valence-electron chi connectivity index (χ2n) is 8.02. The van der Waals surface area contributed by atoms with Crippen LogP contribution in [-0.4, -0.2) is 60.4 Å². The van der Waals surface area contributed by atoms with E-state index in [1.54, 1.807) is 0 Å². The molecule has 2 saturated heterocycles. The van der Waals surface area contributed by atoms with Gasteiger partial charge in [0, 0.05) is 31.3 Å². The molecular formula is C20H25F3N2O3. The minimum absolute atomic E-state index is 0.0233. The molecule has 28 heavy (non-hydrogen) atoms. The van der Waals surface area contributed by atoms with Crippen molar-refractivity contribution >= 4 is 5.91 Å². The molecule has 0 aromatic heterocycles. The van der Waals surface area contributed by atoms with E-state index in [-0.39, 0.29) is 30.0 Å². The first-order valence-corrected chi connectivity index (χ1v) is 9.85. The third-order valence-corrected chi connectivity index (χ3v) is 5.94. The monoisotopic (exact) mass is 398 g/mol. The Balaban J connectivity index is 1.52. The van der Waals surface area contributed by atoms with Gasteiger partial charge < -0.3 is 15.2 Å². The maximum Gasteiger partial charge on any atom is 0.416 e. The van der Waals surface area contributed by atoms with Gasteiger partial charge in [-0.1, -0.05) is 0 Å². The number of halogens is 3. The van der Waals surface area contributed by atoms with Crippen LogP contribution in [0.5, 0.6) is 0 Å². The van der Waals surface area contributed by atoms with Crippen molar-refractivity contribution in [3.05, 3.63) is 34.9 Å². The normalized spacial score (nSPS) is 29.1. The summed E-state index contributed by atoms with van der Waals surface area (Å²) in [5, 5.41) is 12.8. The van der Waals surface area contributed by atoms with Crippen LogP contribution >= 0.6 is 0 Å². The molecule has 3 fully saturated rings. The summed E-state index contributed by atoms with van der Waals surface area (Å²) in [6.45, 7) is 2.30. The van der Waals surface area contributed by atoms with Gasteiger partial charge in [0.05, 0.1) is 24.3 Å². The van der Waals surface area contributed by atoms with Crippen LogP contribution in [0.15, 0.2) is 18.2 Å². The van der Waals surface area contributed by atoms with Crippen LogP contribution in [0.25, 0.3) is 0 Å². The molecule has 1 amide bonds. The fraction of sp³-hybridized carbons (Fsp3) is 0.650. The number of ether oxygens (including phenoxy) is 1. The lowest BCUT2D eigenvalue weighted by molar-refractivity contribution is -0.137. The Labute approximate surface area is 161 Å². The number of aliphatic hydroxyl groups is 1. The summed E-state index contributed by atoms with van der Waals surface area (Å²) in [6, 6.07) is 3.21. The Morgan fingerprint density at radius 3 is 2.64 bits per heavy atom. The molecule has 154 valence electrons. The second-order valence-corrected chi connectivity index (χ2v) is 8.02. The first kappa shape index (κ1) is 19.7. The molecule has 2 aliphatic heterocycles. The third kappa shape index (κ3) is 4.18. The van der Waals surface area contributed by atoms with E-state index in [1.165, 1.54) is 6.07 Å². The van der Waals surface area contributed by atoms with Gasteiger partial charge in [-0.3, -0.25) is 9.69 Å². The molecule has 8 heteroatoms. The fourth-order valence-electron chi connectivity index (χ4n) is 4.29. The zero-order valence-corrected chi connectivity index (χ0v) is 15.5. The molecule has 2 N–H and O–H groups in total. The predicted octanol–water partition coefficient (Wildman–Crippen LogP) is 2.54. The maximum atomic E-state index is 13.1. The Hall–Kier alpha value is -1.64. The van der Waals surface area contributed by atoms with Crippen LogP contribution in [0.2, 0.25) is 0 Å². The van der Waals surface area contributed by atoms with E-state index in [2.05, 4.69) is 10.2 Å². The van der Waals surface area contributed by atoms with Gasteiger partial charge in [-0.05, 0) is 55.4 Å². The number of carbonyl (C=O) groups is 1. The maximum absolute atomic E-state index is 13.1. The van der Waals surface area contributed by atoms with E-state index in [4.69, 9.17) is 4.74 Å². The van der Waals surface area contributed by atoms with Crippen molar-refractivity contribution in [2.75, 3.05) is 26.3 Å². The average Bonchev–Trinajstić information content (AvgIpc) is 3.42. The highest BCUT2D eigenvalue weighted by atomic mass is 19.4. The van der Waals surface area contributed by atoms with Crippen LogP contribution in [0.3, 0.4) is 0 Å². The predicted molar refractivity (Wildman–Crippen MR) is 96.1 cm³/mol. The molecule has 3 unspecified atom stereocenters. The van der Waals surface area contributed by atoms with Gasteiger partial charge in [-0.15, -0.1) is 0 Å². The average molecular weight is 398 g/mol. The lowest BCUT2D eigenvalue weighted by Gasteiger charge is -2.38. The van der Waals surface area contributed by atoms with Crippen LogP contribution < -0.4 is 5.32 Å². The smallest absolute Gasteiger partial charge is 0.392 e. The molecule has 0 radical (unpaired) electrons. The van der Waals surface area contributed by atoms with Gasteiger partial charge >= 0.3 is 6.18 Å². The highest BCUT2D eigenvalue weighted by Gasteiger charge is 2.38. The molecule has 1 saturated carbocycles. The number of β-amino-alcohol motifs (C(OH)–C–C–N with tert-alkyl or cyclic N) is 1. The Morgan fingerprint density at radius 2 is 2.00 bits per heavy atom. The first-order chi connectivity index (χ1) is 13.3. The molecule has 5 nitrogen and oxygen atoms in total. The number of hydrogen-bond donors (Lipinski definition) is 2. The molecule has 2 heterocycles. The number of nitrogens with one attached hydrogen (secondary N) is 1. The van der Waals surface area contributed by atoms with Crippen molar-refractivity contribution in [3.8, 4) is 0 Å². The molecule has 1 aromatic carbocycles. The standard InChI is InChI=1S/C20H25F3N2O3/c21-20(22,23)13-3-4-15(16(9-13)12-1-2-12)19(27)24-17-11-28-8-6-18(17)25-7-5-14(26)10-25/h3-4,9,12,14,17-18,26H,1-2,5-8,10-11H2,(H,24,27). The summed E-state index contributed by atoms with van der Waals surface area (Å²) in [7, 11) is 0. The van der Waals surface area contributed by atoms with Crippen molar-refractivity contribution in [3.63, 3.8) is 0 Å². The van der Waals surface area contributed by atoms with E-state index < -0.39 is 11.7 Å². The summed E-state index contributed by atoms with van der Waals surface area (Å²) in [4.78, 5) is 15.1. The van der Waals surface area contributed by atoms with Crippen LogP contribution in [0.4, 0.5) is 13.2 Å². The van der Waals surface area contributed by atoms with E-state index in [1.807, 2.05) is 0 Å². The first-order valence-electron chi connectivity index (χ1n) is 9.85. The summed E-state index contributed by atoms with van der Waals surface area (Å²) in [5.74, 6) is -0.328. The number of likely N-dealkylation sites (tertiary alicyclic amines) is 1. The summed E-state index contributed by atoms with van der Waals surface area (Å²) in [5.41, 5.74) is 0.0920. The minimum Gasteiger partial charge on any atom is -0.392 e. The number of amides is 1. The summed E-state index contributed by atoms with van der Waals surface area (Å²) < 4.78 is 44.7. The SMILES string of the molecule is O=C(NC1COCCC1N1CCC(O)C1)c1ccc(C(F)(F)F)cc1C1CC1. The quantitative estimate of drug-likeness (QED) is 0.818. The number of benzene rings is 1. The molecule has 1 aromatic rings. The lowest BCUT2D eigenvalue weighted by atomic mass is 9.97. The number of aliphatic hydroxyl groups excluding tert-OH is 1. The number of carbonyl (C=O) groups excluding carboxylic acids is 1. The molecular weight excluding hydrogens is 373 g/mol. The largest absolute Gasteiger partial charge is 0.416 e. The van der Waals surface area contributed by atoms with E-state index in [0.717, 1.165) is 37.9 Å². The van der Waals surface area contributed by atoms with Gasteiger partial charge in [0.2, 0.25) is 0 Å². The van der Waals surface area contributed by atoms with Crippen molar-refractivity contribution in [2.24, 2.45) is 0 Å². The van der Waals surface area contributed by atoms with E-state index in [9.17, 15) is 23.1 Å². The molecule has 3 atom stereocenters. The van der Waals surface area contributed by atoms with Gasteiger partial charge in [-0.2, -0.15) is 13.2 Å². The van der Waals surface area contributed by atoms with Crippen LogP contribution in [0.1, 0.15) is 53.1 Å². The third-order valence-electron chi connectivity index (χ3n) is 5.94. The number of rotatable bonds is 4. The zero-order valence-electron chi connectivity index (χ0n) is 15.5. The van der Waals surface area contributed by atoms with Crippen molar-refractivity contribution < 1.29 is 27.8 Å². The van der Waals surface area contributed by atoms with E-state index in [0.29, 0.717) is 37.3 Å². The molecule has 1 aliphatic carbocycles. The lowest BCUT2D eigenvalue weighted by Crippen LogP contribution is -2.56. The van der Waals surface area contributed by atoms with Crippen LogP contribution in [0, 0.1) is 0 Å². The number of hydrogen-bond acceptors (Lipinski definition) is 4. The molecule has 0 spiro atoms. The second kappa shape index (κ2) is 7.65. The summed E-state index contributed by atoms with van der Waals surface area (Å²) in [6.07, 6.45) is -1.69. The van der Waals surface area contributed by atoms with Crippen LogP contribution in [-0.2, 0) is 10.9 Å². The van der Waals surface area contributed by atoms with Crippen molar-refractivity contribution in [1.29, 1.82) is 0 Å².